The van der Waals surface area contributed by atoms with E-state index in [0.29, 0.717) is 59.9 Å². The second-order valence-electron chi connectivity index (χ2n) is 10.9. The predicted molar refractivity (Wildman–Crippen MR) is 180 cm³/mol. The average Bonchev–Trinajstić information content (AvgIpc) is 3.44. The van der Waals surface area contributed by atoms with Crippen LogP contribution in [0, 0.1) is 0 Å². The van der Waals surface area contributed by atoms with Gasteiger partial charge in [0.25, 0.3) is 10.0 Å². The molecule has 8 nitrogen and oxygen atoms in total. The average molecular weight is 637 g/mol. The van der Waals surface area contributed by atoms with Gasteiger partial charge in [-0.1, -0.05) is 84.9 Å². The summed E-state index contributed by atoms with van der Waals surface area (Å²) in [6.45, 7) is 1.93. The standard InChI is InChI=1S/C37H36N2O6S/c1-43-34-20-10-11-21-35(34)44-24-23-38(25-28-13-4-2-5-14-28)26-29(40)27-45-36-22-12-19-33-37(36)31-17-8-9-18-32(31)39(33)46(41,42)30-15-6-3-7-16-30/h2-22,29,40H,23-27H2,1H3. The lowest BCUT2D eigenvalue weighted by molar-refractivity contribution is 0.0608. The van der Waals surface area contributed by atoms with E-state index in [2.05, 4.69) is 17.0 Å². The van der Waals surface area contributed by atoms with E-state index in [1.807, 2.05) is 66.7 Å². The highest BCUT2D eigenvalue weighted by Crippen LogP contribution is 2.38. The molecule has 0 bridgehead atoms. The van der Waals surface area contributed by atoms with E-state index >= 15 is 0 Å². The van der Waals surface area contributed by atoms with Crippen LogP contribution >= 0.6 is 0 Å². The van der Waals surface area contributed by atoms with Crippen LogP contribution in [0.4, 0.5) is 0 Å². The van der Waals surface area contributed by atoms with Crippen LogP contribution in [-0.2, 0) is 16.6 Å². The molecule has 0 fully saturated rings. The minimum absolute atomic E-state index is 0.0166. The smallest absolute Gasteiger partial charge is 0.268 e. The molecule has 9 heteroatoms. The number of para-hydroxylation sites is 3. The monoisotopic (exact) mass is 636 g/mol. The fourth-order valence-electron chi connectivity index (χ4n) is 5.66. The molecule has 0 spiro atoms. The van der Waals surface area contributed by atoms with E-state index in [0.717, 1.165) is 10.9 Å². The third-order valence-corrected chi connectivity index (χ3v) is 9.52. The number of aromatic nitrogens is 1. The van der Waals surface area contributed by atoms with Crippen molar-refractivity contribution in [3.8, 4) is 17.2 Å². The van der Waals surface area contributed by atoms with Gasteiger partial charge in [0.2, 0.25) is 0 Å². The van der Waals surface area contributed by atoms with Gasteiger partial charge in [-0.05, 0) is 48.0 Å². The number of benzene rings is 5. The van der Waals surface area contributed by atoms with Gasteiger partial charge in [-0.15, -0.1) is 0 Å². The molecule has 0 amide bonds. The van der Waals surface area contributed by atoms with E-state index in [-0.39, 0.29) is 11.5 Å². The zero-order valence-electron chi connectivity index (χ0n) is 25.5. The SMILES string of the molecule is COc1ccccc1OCCN(Cc1ccccc1)CC(O)COc1cccc2c1c1ccccc1n2S(=O)(=O)c1ccccc1. The van der Waals surface area contributed by atoms with Gasteiger partial charge in [0.1, 0.15) is 25.1 Å². The summed E-state index contributed by atoms with van der Waals surface area (Å²) in [5.41, 5.74) is 2.18. The molecule has 1 aromatic heterocycles. The summed E-state index contributed by atoms with van der Waals surface area (Å²) in [5, 5.41) is 12.6. The van der Waals surface area contributed by atoms with Gasteiger partial charge < -0.3 is 19.3 Å². The first kappa shape index (κ1) is 31.2. The van der Waals surface area contributed by atoms with Crippen molar-refractivity contribution in [1.82, 2.24) is 8.87 Å². The first-order valence-corrected chi connectivity index (χ1v) is 16.6. The van der Waals surface area contributed by atoms with E-state index in [1.54, 1.807) is 55.6 Å². The highest BCUT2D eigenvalue weighted by molar-refractivity contribution is 7.90. The van der Waals surface area contributed by atoms with Crippen LogP contribution in [0.3, 0.4) is 0 Å². The van der Waals surface area contributed by atoms with Gasteiger partial charge >= 0.3 is 0 Å². The zero-order chi connectivity index (χ0) is 31.9. The van der Waals surface area contributed by atoms with Crippen molar-refractivity contribution in [2.75, 3.05) is 33.4 Å². The maximum atomic E-state index is 13.8. The summed E-state index contributed by atoms with van der Waals surface area (Å²) in [7, 11) is -2.28. The zero-order valence-corrected chi connectivity index (χ0v) is 26.3. The van der Waals surface area contributed by atoms with Crippen molar-refractivity contribution >= 4 is 31.8 Å². The molecule has 0 aliphatic rings. The number of aliphatic hydroxyl groups excluding tert-OH is 1. The molecule has 1 heterocycles. The summed E-state index contributed by atoms with van der Waals surface area (Å²) in [5.74, 6) is 1.83. The molecule has 0 aliphatic heterocycles. The molecular weight excluding hydrogens is 600 g/mol. The van der Waals surface area contributed by atoms with Crippen LogP contribution in [0.15, 0.2) is 132 Å². The Balaban J connectivity index is 1.21. The van der Waals surface area contributed by atoms with Crippen molar-refractivity contribution < 1.29 is 27.7 Å². The molecule has 0 saturated carbocycles. The fourth-order valence-corrected chi connectivity index (χ4v) is 7.21. The Bertz CT molecular complexity index is 2010. The van der Waals surface area contributed by atoms with Crippen LogP contribution in [0.2, 0.25) is 0 Å². The molecule has 236 valence electrons. The number of fused-ring (bicyclic) bond motifs is 3. The third-order valence-electron chi connectivity index (χ3n) is 7.78. The number of aliphatic hydroxyl groups is 1. The van der Waals surface area contributed by atoms with Gasteiger partial charge in [-0.3, -0.25) is 4.90 Å². The topological polar surface area (TPSA) is 90.2 Å². The third kappa shape index (κ3) is 6.72. The molecule has 1 atom stereocenters. The lowest BCUT2D eigenvalue weighted by Gasteiger charge is -2.25. The number of ether oxygens (including phenoxy) is 3. The van der Waals surface area contributed by atoms with Crippen molar-refractivity contribution in [1.29, 1.82) is 0 Å². The maximum Gasteiger partial charge on any atom is 0.268 e. The number of hydrogen-bond acceptors (Lipinski definition) is 7. The summed E-state index contributed by atoms with van der Waals surface area (Å²) in [4.78, 5) is 2.32. The first-order chi connectivity index (χ1) is 22.5. The van der Waals surface area contributed by atoms with Gasteiger partial charge in [-0.2, -0.15) is 0 Å². The fraction of sp³-hybridized carbons (Fsp3) is 0.189. The largest absolute Gasteiger partial charge is 0.493 e. The Hall–Kier alpha value is -4.83. The minimum atomic E-state index is -3.89. The molecule has 46 heavy (non-hydrogen) atoms. The van der Waals surface area contributed by atoms with Gasteiger partial charge in [0, 0.05) is 25.0 Å². The lowest BCUT2D eigenvalue weighted by Crippen LogP contribution is -2.37. The van der Waals surface area contributed by atoms with E-state index in [4.69, 9.17) is 14.2 Å². The van der Waals surface area contributed by atoms with Crippen molar-refractivity contribution in [2.24, 2.45) is 0 Å². The van der Waals surface area contributed by atoms with E-state index in [1.165, 1.54) is 3.97 Å². The Labute approximate surface area is 269 Å². The van der Waals surface area contributed by atoms with E-state index in [9.17, 15) is 13.5 Å². The van der Waals surface area contributed by atoms with Crippen LogP contribution in [-0.4, -0.2) is 61.9 Å². The van der Waals surface area contributed by atoms with Gasteiger partial charge in [0.05, 0.1) is 28.4 Å². The number of nitrogens with zero attached hydrogens (tertiary/aromatic N) is 2. The quantitative estimate of drug-likeness (QED) is 0.149. The van der Waals surface area contributed by atoms with Gasteiger partial charge in [-0.25, -0.2) is 12.4 Å². The summed E-state index contributed by atoms with van der Waals surface area (Å²) >= 11 is 0. The van der Waals surface area contributed by atoms with E-state index < -0.39 is 16.1 Å². The van der Waals surface area contributed by atoms with Crippen molar-refractivity contribution in [2.45, 2.75) is 17.5 Å². The Morgan fingerprint density at radius 1 is 0.717 bits per heavy atom. The first-order valence-electron chi connectivity index (χ1n) is 15.1. The lowest BCUT2D eigenvalue weighted by atomic mass is 10.1. The van der Waals surface area contributed by atoms with Crippen LogP contribution in [0.25, 0.3) is 21.8 Å². The predicted octanol–water partition coefficient (Wildman–Crippen LogP) is 6.36. The summed E-state index contributed by atoms with van der Waals surface area (Å²) < 4.78 is 46.7. The molecule has 1 unspecified atom stereocenters. The summed E-state index contributed by atoms with van der Waals surface area (Å²) in [6.07, 6.45) is -0.827. The molecule has 1 N–H and O–H groups in total. The highest BCUT2D eigenvalue weighted by Gasteiger charge is 2.25. The molecule has 0 saturated heterocycles. The van der Waals surface area contributed by atoms with Crippen LogP contribution in [0.1, 0.15) is 5.56 Å². The van der Waals surface area contributed by atoms with Crippen molar-refractivity contribution in [3.63, 3.8) is 0 Å². The maximum absolute atomic E-state index is 13.8. The molecule has 0 aliphatic carbocycles. The molecule has 6 rings (SSSR count). The molecular formula is C37H36N2O6S. The van der Waals surface area contributed by atoms with Crippen molar-refractivity contribution in [3.05, 3.63) is 133 Å². The minimum Gasteiger partial charge on any atom is -0.493 e. The highest BCUT2D eigenvalue weighted by atomic mass is 32.2. The number of rotatable bonds is 14. The van der Waals surface area contributed by atoms with Crippen LogP contribution < -0.4 is 14.2 Å². The second kappa shape index (κ2) is 14.1. The molecule has 0 radical (unpaired) electrons. The normalized spacial score (nSPS) is 12.4. The molecule has 6 aromatic rings. The summed E-state index contributed by atoms with van der Waals surface area (Å²) in [6, 6.07) is 38.7. The second-order valence-corrected chi connectivity index (χ2v) is 12.7. The van der Waals surface area contributed by atoms with Gasteiger partial charge in [0.15, 0.2) is 11.5 Å². The molecule has 5 aromatic carbocycles. The Kier molecular flexibility index (Phi) is 9.54. The Morgan fingerprint density at radius 2 is 1.35 bits per heavy atom. The number of methoxy groups -OCH3 is 1. The number of hydrogen-bond donors (Lipinski definition) is 1. The Morgan fingerprint density at radius 3 is 2.11 bits per heavy atom. The van der Waals surface area contributed by atoms with Crippen LogP contribution in [0.5, 0.6) is 17.2 Å².